The van der Waals surface area contributed by atoms with E-state index in [4.69, 9.17) is 4.74 Å². The molecule has 0 N–H and O–H groups in total. The molecule has 2 fully saturated rings. The van der Waals surface area contributed by atoms with Gasteiger partial charge >= 0.3 is 0 Å². The van der Waals surface area contributed by atoms with Crippen molar-refractivity contribution in [3.05, 3.63) is 60.2 Å². The Bertz CT molecular complexity index is 695. The van der Waals surface area contributed by atoms with Crippen LogP contribution in [-0.2, 0) is 22.6 Å². The molecular weight excluding hydrogens is 304 g/mol. The number of nitrogens with zero attached hydrogens (tertiary/aromatic N) is 4. The van der Waals surface area contributed by atoms with Gasteiger partial charge in [0.15, 0.2) is 0 Å². The molecule has 3 heterocycles. The maximum atomic E-state index is 12.4. The quantitative estimate of drug-likeness (QED) is 0.842. The van der Waals surface area contributed by atoms with Crippen LogP contribution < -0.4 is 0 Å². The van der Waals surface area contributed by atoms with Gasteiger partial charge in [0, 0.05) is 44.8 Å². The molecule has 2 aromatic rings. The van der Waals surface area contributed by atoms with Crippen LogP contribution in [0.25, 0.3) is 0 Å². The molecule has 2 atom stereocenters. The number of hydrogen-bond acceptors (Lipinski definition) is 5. The lowest BCUT2D eigenvalue weighted by atomic mass is 10.1. The first-order chi connectivity index (χ1) is 11.8. The number of carbonyl (C=O) groups is 1. The van der Waals surface area contributed by atoms with Crippen molar-refractivity contribution in [2.45, 2.75) is 25.2 Å². The minimum absolute atomic E-state index is 0.0708. The molecule has 2 saturated heterocycles. The van der Waals surface area contributed by atoms with Crippen LogP contribution in [0.5, 0.6) is 0 Å². The van der Waals surface area contributed by atoms with E-state index in [-0.39, 0.29) is 24.7 Å². The third-order valence-electron chi connectivity index (χ3n) is 4.65. The molecule has 0 spiro atoms. The average Bonchev–Trinajstić information content (AvgIpc) is 3.02. The molecule has 6 nitrogen and oxygen atoms in total. The summed E-state index contributed by atoms with van der Waals surface area (Å²) in [7, 11) is 0. The van der Waals surface area contributed by atoms with E-state index in [0.717, 1.165) is 30.9 Å². The smallest absolute Gasteiger partial charge is 0.249 e. The predicted molar refractivity (Wildman–Crippen MR) is 87.8 cm³/mol. The molecule has 0 radical (unpaired) electrons. The number of likely N-dealkylation sites (tertiary alicyclic amines) is 1. The van der Waals surface area contributed by atoms with Crippen molar-refractivity contribution in [1.82, 2.24) is 19.8 Å². The number of fused-ring (bicyclic) bond motifs is 1. The number of carbonyl (C=O) groups excluding carboxylic acids is 1. The molecule has 1 aromatic carbocycles. The summed E-state index contributed by atoms with van der Waals surface area (Å²) < 4.78 is 5.78. The molecule has 0 unspecified atom stereocenters. The summed E-state index contributed by atoms with van der Waals surface area (Å²) in [5.74, 6) is 0.0708. The molecule has 4 rings (SSSR count). The highest BCUT2D eigenvalue weighted by Gasteiger charge is 2.43. The van der Waals surface area contributed by atoms with Gasteiger partial charge in [0.1, 0.15) is 6.61 Å². The summed E-state index contributed by atoms with van der Waals surface area (Å²) in [5.41, 5.74) is 2.09. The zero-order valence-corrected chi connectivity index (χ0v) is 13.4. The SMILES string of the molecule is O=C1CO[C@@H]2CN(Cc3cnccn3)C[C@H]2N1Cc1ccccc1. The zero-order chi connectivity index (χ0) is 16.4. The number of morpholine rings is 1. The minimum Gasteiger partial charge on any atom is -0.365 e. The highest BCUT2D eigenvalue weighted by Crippen LogP contribution is 2.26. The lowest BCUT2D eigenvalue weighted by molar-refractivity contribution is -0.153. The fourth-order valence-corrected chi connectivity index (χ4v) is 3.50. The van der Waals surface area contributed by atoms with Crippen molar-refractivity contribution in [2.75, 3.05) is 19.7 Å². The lowest BCUT2D eigenvalue weighted by Gasteiger charge is -2.36. The van der Waals surface area contributed by atoms with Gasteiger partial charge in [-0.3, -0.25) is 19.7 Å². The molecule has 6 heteroatoms. The first kappa shape index (κ1) is 15.2. The molecule has 2 aliphatic rings. The van der Waals surface area contributed by atoms with Crippen LogP contribution in [0.1, 0.15) is 11.3 Å². The van der Waals surface area contributed by atoms with E-state index < -0.39 is 0 Å². The van der Waals surface area contributed by atoms with E-state index in [1.807, 2.05) is 23.1 Å². The van der Waals surface area contributed by atoms with Crippen LogP contribution in [0.15, 0.2) is 48.9 Å². The second-order valence-corrected chi connectivity index (χ2v) is 6.31. The molecule has 24 heavy (non-hydrogen) atoms. The van der Waals surface area contributed by atoms with Gasteiger partial charge in [-0.1, -0.05) is 30.3 Å². The van der Waals surface area contributed by atoms with E-state index in [2.05, 4.69) is 27.0 Å². The summed E-state index contributed by atoms with van der Waals surface area (Å²) in [5, 5.41) is 0. The van der Waals surface area contributed by atoms with Gasteiger partial charge in [-0.25, -0.2) is 0 Å². The molecular formula is C18H20N4O2. The summed E-state index contributed by atoms with van der Waals surface area (Å²) >= 11 is 0. The highest BCUT2D eigenvalue weighted by atomic mass is 16.5. The summed E-state index contributed by atoms with van der Waals surface area (Å²) in [6.07, 6.45) is 5.25. The van der Waals surface area contributed by atoms with Crippen molar-refractivity contribution in [3.63, 3.8) is 0 Å². The number of amides is 1. The Morgan fingerprint density at radius 3 is 2.79 bits per heavy atom. The van der Waals surface area contributed by atoms with Gasteiger partial charge in [-0.15, -0.1) is 0 Å². The topological polar surface area (TPSA) is 58.6 Å². The summed E-state index contributed by atoms with van der Waals surface area (Å²) in [6.45, 7) is 3.17. The summed E-state index contributed by atoms with van der Waals surface area (Å²) in [6, 6.07) is 10.2. The molecule has 0 saturated carbocycles. The van der Waals surface area contributed by atoms with Crippen LogP contribution in [0.4, 0.5) is 0 Å². The fraction of sp³-hybridized carbons (Fsp3) is 0.389. The van der Waals surface area contributed by atoms with Crippen LogP contribution in [-0.4, -0.2) is 57.5 Å². The molecule has 124 valence electrons. The minimum atomic E-state index is 0.0708. The maximum Gasteiger partial charge on any atom is 0.249 e. The standard InChI is InChI=1S/C18H20N4O2/c23-18-13-24-17-12-21(10-15-8-19-6-7-20-15)11-16(17)22(18)9-14-4-2-1-3-5-14/h1-8,16-17H,9-13H2/t16-,17-/m1/s1. The first-order valence-corrected chi connectivity index (χ1v) is 8.22. The van der Waals surface area contributed by atoms with Gasteiger partial charge in [-0.05, 0) is 5.56 Å². The fourth-order valence-electron chi connectivity index (χ4n) is 3.50. The Labute approximate surface area is 141 Å². The predicted octanol–water partition coefficient (Wildman–Crippen LogP) is 1.09. The number of benzene rings is 1. The van der Waals surface area contributed by atoms with Crippen LogP contribution >= 0.6 is 0 Å². The Morgan fingerprint density at radius 1 is 1.12 bits per heavy atom. The Balaban J connectivity index is 1.47. The second-order valence-electron chi connectivity index (χ2n) is 6.31. The van der Waals surface area contributed by atoms with Crippen LogP contribution in [0.3, 0.4) is 0 Å². The van der Waals surface area contributed by atoms with Gasteiger partial charge < -0.3 is 9.64 Å². The van der Waals surface area contributed by atoms with Gasteiger partial charge in [-0.2, -0.15) is 0 Å². The third-order valence-corrected chi connectivity index (χ3v) is 4.65. The normalized spacial score (nSPS) is 24.2. The largest absolute Gasteiger partial charge is 0.365 e. The zero-order valence-electron chi connectivity index (χ0n) is 13.4. The third kappa shape index (κ3) is 3.16. The van der Waals surface area contributed by atoms with Crippen LogP contribution in [0, 0.1) is 0 Å². The van der Waals surface area contributed by atoms with Gasteiger partial charge in [0.2, 0.25) is 5.91 Å². The molecule has 2 aliphatic heterocycles. The summed E-state index contributed by atoms with van der Waals surface area (Å²) in [4.78, 5) is 25.1. The highest BCUT2D eigenvalue weighted by molar-refractivity contribution is 5.78. The maximum absolute atomic E-state index is 12.4. The molecule has 0 aliphatic carbocycles. The van der Waals surface area contributed by atoms with Crippen molar-refractivity contribution in [3.8, 4) is 0 Å². The van der Waals surface area contributed by atoms with Crippen molar-refractivity contribution >= 4 is 5.91 Å². The van der Waals surface area contributed by atoms with E-state index >= 15 is 0 Å². The average molecular weight is 324 g/mol. The van der Waals surface area contributed by atoms with Crippen molar-refractivity contribution in [2.24, 2.45) is 0 Å². The first-order valence-electron chi connectivity index (χ1n) is 8.22. The van der Waals surface area contributed by atoms with E-state index in [1.165, 1.54) is 0 Å². The number of hydrogen-bond donors (Lipinski definition) is 0. The number of ether oxygens (including phenoxy) is 1. The van der Waals surface area contributed by atoms with Crippen molar-refractivity contribution in [1.29, 1.82) is 0 Å². The Kier molecular flexibility index (Phi) is 4.23. The Hall–Kier alpha value is -2.31. The number of aromatic nitrogens is 2. The van der Waals surface area contributed by atoms with Crippen LogP contribution in [0.2, 0.25) is 0 Å². The monoisotopic (exact) mass is 324 g/mol. The van der Waals surface area contributed by atoms with E-state index in [0.29, 0.717) is 6.54 Å². The van der Waals surface area contributed by atoms with Gasteiger partial charge in [0.05, 0.1) is 17.8 Å². The van der Waals surface area contributed by atoms with E-state index in [9.17, 15) is 4.79 Å². The lowest BCUT2D eigenvalue weighted by Crippen LogP contribution is -2.53. The molecule has 1 aromatic heterocycles. The molecule has 1 amide bonds. The van der Waals surface area contributed by atoms with Gasteiger partial charge in [0.25, 0.3) is 0 Å². The molecule has 0 bridgehead atoms. The van der Waals surface area contributed by atoms with Crippen molar-refractivity contribution < 1.29 is 9.53 Å². The number of rotatable bonds is 4. The van der Waals surface area contributed by atoms with E-state index in [1.54, 1.807) is 18.6 Å². The second kappa shape index (κ2) is 6.67. The Morgan fingerprint density at radius 2 is 2.00 bits per heavy atom.